The van der Waals surface area contributed by atoms with Crippen LogP contribution in [0.2, 0.25) is 0 Å². The van der Waals surface area contributed by atoms with Gasteiger partial charge in [-0.25, -0.2) is 4.98 Å². The van der Waals surface area contributed by atoms with E-state index in [2.05, 4.69) is 17.0 Å². The van der Waals surface area contributed by atoms with E-state index in [9.17, 15) is 4.79 Å². The lowest BCUT2D eigenvalue weighted by Crippen LogP contribution is -2.36. The van der Waals surface area contributed by atoms with Gasteiger partial charge in [-0.2, -0.15) is 0 Å². The molecule has 3 aliphatic rings. The number of rotatable bonds is 2. The molecule has 0 atom stereocenters. The van der Waals surface area contributed by atoms with Gasteiger partial charge in [-0.15, -0.1) is 0 Å². The number of fused-ring (bicyclic) bond motifs is 2. The van der Waals surface area contributed by atoms with E-state index in [1.165, 1.54) is 0 Å². The molecule has 0 spiro atoms. The number of ether oxygens (including phenoxy) is 1. The van der Waals surface area contributed by atoms with E-state index in [-0.39, 0.29) is 5.43 Å². The average molecular weight is 386 g/mol. The van der Waals surface area contributed by atoms with Crippen molar-refractivity contribution in [1.29, 1.82) is 0 Å². The molecule has 1 saturated heterocycles. The molecule has 146 valence electrons. The first-order valence-electron chi connectivity index (χ1n) is 9.89. The molecule has 0 amide bonds. The Balaban J connectivity index is 1.69. The van der Waals surface area contributed by atoms with Crippen molar-refractivity contribution in [2.45, 2.75) is 13.8 Å². The van der Waals surface area contributed by atoms with E-state index in [0.717, 1.165) is 54.3 Å². The van der Waals surface area contributed by atoms with Gasteiger partial charge in [-0.05, 0) is 49.2 Å². The highest BCUT2D eigenvalue weighted by Gasteiger charge is 2.24. The number of hydrogen-bond acceptors (Lipinski definition) is 5. The predicted molar refractivity (Wildman–Crippen MR) is 115 cm³/mol. The number of para-hydroxylation sites is 2. The summed E-state index contributed by atoms with van der Waals surface area (Å²) >= 11 is 0. The van der Waals surface area contributed by atoms with Crippen LogP contribution in [0, 0.1) is 13.8 Å². The van der Waals surface area contributed by atoms with Crippen LogP contribution >= 0.6 is 0 Å². The SMILES string of the molecule is Cc1c2nc3ccccc3oc-2c(-c2ccc(N3CCOCC3)cc2)c(=O)c1C. The summed E-state index contributed by atoms with van der Waals surface area (Å²) in [5.74, 6) is 0.552. The Bertz CT molecular complexity index is 1220. The Kier molecular flexibility index (Phi) is 4.32. The smallest absolute Gasteiger partial charge is 0.193 e. The van der Waals surface area contributed by atoms with Crippen molar-refractivity contribution < 1.29 is 9.15 Å². The highest BCUT2D eigenvalue weighted by molar-refractivity contribution is 5.86. The first-order valence-corrected chi connectivity index (χ1v) is 9.89. The van der Waals surface area contributed by atoms with Crippen LogP contribution in [0.15, 0.2) is 57.7 Å². The molecular formula is C24H22N2O3. The zero-order valence-electron chi connectivity index (χ0n) is 16.6. The van der Waals surface area contributed by atoms with Crippen molar-refractivity contribution in [1.82, 2.24) is 4.98 Å². The van der Waals surface area contributed by atoms with Gasteiger partial charge in [0.15, 0.2) is 16.8 Å². The van der Waals surface area contributed by atoms with E-state index in [1.54, 1.807) is 0 Å². The number of anilines is 1. The van der Waals surface area contributed by atoms with E-state index in [1.807, 2.05) is 50.2 Å². The number of aromatic nitrogens is 1. The van der Waals surface area contributed by atoms with Gasteiger partial charge < -0.3 is 14.1 Å². The summed E-state index contributed by atoms with van der Waals surface area (Å²) in [4.78, 5) is 20.3. The third-order valence-electron chi connectivity index (χ3n) is 5.77. The van der Waals surface area contributed by atoms with Gasteiger partial charge in [0.25, 0.3) is 0 Å². The number of hydrogen-bond donors (Lipinski definition) is 0. The number of nitrogens with zero attached hydrogens (tertiary/aromatic N) is 2. The molecule has 0 aromatic heterocycles. The zero-order chi connectivity index (χ0) is 20.0. The molecule has 0 saturated carbocycles. The molecule has 1 fully saturated rings. The third kappa shape index (κ3) is 2.98. The van der Waals surface area contributed by atoms with E-state index in [0.29, 0.717) is 22.5 Å². The first kappa shape index (κ1) is 17.9. The normalized spacial score (nSPS) is 14.6. The van der Waals surface area contributed by atoms with Gasteiger partial charge >= 0.3 is 0 Å². The van der Waals surface area contributed by atoms with Crippen molar-refractivity contribution in [2.75, 3.05) is 31.2 Å². The van der Waals surface area contributed by atoms with Gasteiger partial charge in [-0.3, -0.25) is 4.79 Å². The second kappa shape index (κ2) is 7.01. The van der Waals surface area contributed by atoms with Crippen LogP contribution in [0.25, 0.3) is 33.7 Å². The summed E-state index contributed by atoms with van der Waals surface area (Å²) in [6.45, 7) is 7.03. The molecule has 2 aliphatic heterocycles. The minimum atomic E-state index is -0.00467. The molecule has 2 aromatic rings. The molecule has 0 bridgehead atoms. The molecule has 0 N–H and O–H groups in total. The van der Waals surface area contributed by atoms with Crippen LogP contribution in [0.3, 0.4) is 0 Å². The second-order valence-corrected chi connectivity index (χ2v) is 7.46. The van der Waals surface area contributed by atoms with Gasteiger partial charge in [0.05, 0.1) is 18.8 Å². The Hall–Kier alpha value is -3.18. The lowest BCUT2D eigenvalue weighted by molar-refractivity contribution is 0.122. The second-order valence-electron chi connectivity index (χ2n) is 7.46. The summed E-state index contributed by atoms with van der Waals surface area (Å²) in [5.41, 5.74) is 6.34. The van der Waals surface area contributed by atoms with Crippen molar-refractivity contribution in [2.24, 2.45) is 0 Å². The van der Waals surface area contributed by atoms with Gasteiger partial charge in [0.1, 0.15) is 11.2 Å². The van der Waals surface area contributed by atoms with Crippen LogP contribution < -0.4 is 10.3 Å². The summed E-state index contributed by atoms with van der Waals surface area (Å²) in [5, 5.41) is 0. The van der Waals surface area contributed by atoms with E-state index >= 15 is 0 Å². The minimum absolute atomic E-state index is 0.00467. The van der Waals surface area contributed by atoms with Crippen molar-refractivity contribution in [3.8, 4) is 22.6 Å². The van der Waals surface area contributed by atoms with Gasteiger partial charge in [-0.1, -0.05) is 24.3 Å². The fourth-order valence-corrected chi connectivity index (χ4v) is 3.95. The fraction of sp³-hybridized carbons (Fsp3) is 0.250. The first-order chi connectivity index (χ1) is 14.1. The molecule has 5 heteroatoms. The van der Waals surface area contributed by atoms with Crippen LogP contribution in [-0.2, 0) is 4.74 Å². The van der Waals surface area contributed by atoms with Crippen LogP contribution in [0.1, 0.15) is 11.1 Å². The maximum Gasteiger partial charge on any atom is 0.193 e. The monoisotopic (exact) mass is 386 g/mol. The van der Waals surface area contributed by atoms with Crippen molar-refractivity contribution >= 4 is 16.8 Å². The van der Waals surface area contributed by atoms with Crippen LogP contribution in [-0.4, -0.2) is 31.3 Å². The average Bonchev–Trinajstić information content (AvgIpc) is 2.78. The molecule has 1 aliphatic carbocycles. The van der Waals surface area contributed by atoms with Gasteiger partial charge in [0.2, 0.25) is 0 Å². The highest BCUT2D eigenvalue weighted by Crippen LogP contribution is 2.36. The summed E-state index contributed by atoms with van der Waals surface area (Å²) < 4.78 is 11.6. The molecule has 0 radical (unpaired) electrons. The Morgan fingerprint density at radius 1 is 0.931 bits per heavy atom. The maximum absolute atomic E-state index is 13.2. The topological polar surface area (TPSA) is 55.6 Å². The molecule has 2 heterocycles. The number of benzene rings is 3. The molecule has 0 unspecified atom stereocenters. The fourth-order valence-electron chi connectivity index (χ4n) is 3.95. The summed E-state index contributed by atoms with van der Waals surface area (Å²) in [7, 11) is 0. The predicted octanol–water partition coefficient (Wildman–Crippen LogP) is 4.41. The van der Waals surface area contributed by atoms with Crippen LogP contribution in [0.4, 0.5) is 5.69 Å². The molecular weight excluding hydrogens is 364 g/mol. The zero-order valence-corrected chi connectivity index (χ0v) is 16.6. The lowest BCUT2D eigenvalue weighted by atomic mass is 9.93. The molecule has 5 nitrogen and oxygen atoms in total. The summed E-state index contributed by atoms with van der Waals surface area (Å²) in [6.07, 6.45) is 0. The van der Waals surface area contributed by atoms with Crippen molar-refractivity contribution in [3.05, 3.63) is 69.9 Å². The Labute approximate surface area is 168 Å². The highest BCUT2D eigenvalue weighted by atomic mass is 16.5. The number of morpholine rings is 1. The third-order valence-corrected chi connectivity index (χ3v) is 5.77. The Morgan fingerprint density at radius 3 is 2.41 bits per heavy atom. The minimum Gasteiger partial charge on any atom is -0.452 e. The maximum atomic E-state index is 13.2. The van der Waals surface area contributed by atoms with E-state index in [4.69, 9.17) is 14.1 Å². The Morgan fingerprint density at radius 2 is 1.66 bits per heavy atom. The molecule has 2 aromatic carbocycles. The molecule has 29 heavy (non-hydrogen) atoms. The van der Waals surface area contributed by atoms with Gasteiger partial charge in [0, 0.05) is 24.3 Å². The standard InChI is InChI=1S/C24H22N2O3/c1-15-16(2)23(27)21(24-22(15)25-19-5-3-4-6-20(19)29-24)17-7-9-18(10-8-17)26-11-13-28-14-12-26/h3-10H,11-14H2,1-2H3. The lowest BCUT2D eigenvalue weighted by Gasteiger charge is -2.29. The largest absolute Gasteiger partial charge is 0.452 e. The summed E-state index contributed by atoms with van der Waals surface area (Å²) in [6, 6.07) is 15.8. The molecule has 5 rings (SSSR count). The quantitative estimate of drug-likeness (QED) is 0.478. The van der Waals surface area contributed by atoms with Crippen molar-refractivity contribution in [3.63, 3.8) is 0 Å². The van der Waals surface area contributed by atoms with Crippen LogP contribution in [0.5, 0.6) is 0 Å². The van der Waals surface area contributed by atoms with E-state index < -0.39 is 0 Å².